The number of primary amides is 1. The third-order valence-corrected chi connectivity index (χ3v) is 4.04. The molecule has 1 fully saturated rings. The number of carbonyl (C=O) groups excluding carboxylic acids is 1. The summed E-state index contributed by atoms with van der Waals surface area (Å²) in [7, 11) is 0. The normalized spacial score (nSPS) is 18.3. The first kappa shape index (κ1) is 15.8. The third kappa shape index (κ3) is 5.73. The van der Waals surface area contributed by atoms with Crippen LogP contribution < -0.4 is 11.1 Å². The Hall–Kier alpha value is -1.59. The number of aliphatic hydroxyl groups is 1. The summed E-state index contributed by atoms with van der Waals surface area (Å²) in [6.45, 7) is 2.56. The van der Waals surface area contributed by atoms with Gasteiger partial charge in [-0.15, -0.1) is 0 Å². The third-order valence-electron chi connectivity index (χ3n) is 4.04. The average molecular weight is 291 g/mol. The van der Waals surface area contributed by atoms with Gasteiger partial charge < -0.3 is 16.2 Å². The van der Waals surface area contributed by atoms with Crippen LogP contribution in [0.25, 0.3) is 0 Å². The van der Waals surface area contributed by atoms with E-state index in [9.17, 15) is 9.90 Å². The molecule has 1 aromatic rings. The largest absolute Gasteiger partial charge is 0.372 e. The minimum Gasteiger partial charge on any atom is -0.372 e. The van der Waals surface area contributed by atoms with Gasteiger partial charge in [-0.05, 0) is 50.4 Å². The molecule has 0 spiro atoms. The van der Waals surface area contributed by atoms with Crippen LogP contribution in [-0.2, 0) is 4.79 Å². The van der Waals surface area contributed by atoms with Gasteiger partial charge in [-0.25, -0.2) is 0 Å². The molecule has 1 heterocycles. The molecule has 5 nitrogen and oxygen atoms in total. The number of benzene rings is 1. The first-order chi connectivity index (χ1) is 10.1. The average Bonchev–Trinajstić information content (AvgIpc) is 2.47. The van der Waals surface area contributed by atoms with Gasteiger partial charge in [0.1, 0.15) is 6.23 Å². The maximum absolute atomic E-state index is 10.8. The Morgan fingerprint density at radius 2 is 2.00 bits per heavy atom. The van der Waals surface area contributed by atoms with Gasteiger partial charge in [0, 0.05) is 18.7 Å². The van der Waals surface area contributed by atoms with E-state index in [1.165, 1.54) is 0 Å². The molecule has 0 aromatic heterocycles. The molecule has 1 unspecified atom stereocenters. The molecule has 1 aliphatic rings. The number of β-amino-alcohol motifs (C(OH)–C–C–N with tert-alkyl or cyclic N) is 1. The van der Waals surface area contributed by atoms with Crippen LogP contribution in [0, 0.1) is 5.92 Å². The zero-order valence-corrected chi connectivity index (χ0v) is 12.4. The van der Waals surface area contributed by atoms with E-state index in [2.05, 4.69) is 10.2 Å². The number of hydrogen-bond donors (Lipinski definition) is 3. The molecule has 1 saturated heterocycles. The Balaban J connectivity index is 1.67. The van der Waals surface area contributed by atoms with Crippen LogP contribution in [0.5, 0.6) is 0 Å². The highest BCUT2D eigenvalue weighted by atomic mass is 16.3. The van der Waals surface area contributed by atoms with E-state index >= 15 is 0 Å². The second-order valence-electron chi connectivity index (χ2n) is 5.78. The van der Waals surface area contributed by atoms with Gasteiger partial charge in [-0.1, -0.05) is 18.2 Å². The maximum Gasteiger partial charge on any atom is 0.217 e. The van der Waals surface area contributed by atoms with Gasteiger partial charge in [-0.2, -0.15) is 0 Å². The molecule has 21 heavy (non-hydrogen) atoms. The van der Waals surface area contributed by atoms with Crippen LogP contribution in [0.1, 0.15) is 25.7 Å². The fraction of sp³-hybridized carbons (Fsp3) is 0.562. The van der Waals surface area contributed by atoms with E-state index in [-0.39, 0.29) is 5.91 Å². The van der Waals surface area contributed by atoms with Crippen molar-refractivity contribution in [1.29, 1.82) is 0 Å². The van der Waals surface area contributed by atoms with Gasteiger partial charge in [-0.3, -0.25) is 9.69 Å². The monoisotopic (exact) mass is 291 g/mol. The van der Waals surface area contributed by atoms with Crippen LogP contribution >= 0.6 is 0 Å². The van der Waals surface area contributed by atoms with E-state index in [0.717, 1.165) is 38.0 Å². The van der Waals surface area contributed by atoms with E-state index in [0.29, 0.717) is 18.9 Å². The van der Waals surface area contributed by atoms with E-state index in [4.69, 9.17) is 5.73 Å². The number of likely N-dealkylation sites (tertiary alicyclic amines) is 1. The van der Waals surface area contributed by atoms with Crippen molar-refractivity contribution in [2.24, 2.45) is 11.7 Å². The van der Waals surface area contributed by atoms with Gasteiger partial charge in [0.15, 0.2) is 0 Å². The molecule has 1 aliphatic heterocycles. The zero-order chi connectivity index (χ0) is 15.1. The summed E-state index contributed by atoms with van der Waals surface area (Å²) in [6.07, 6.45) is 2.97. The molecule has 116 valence electrons. The SMILES string of the molecule is NC(=O)CCC1CCN(CC(O)Nc2ccccc2)CC1. The Kier molecular flexibility index (Phi) is 6.02. The quantitative estimate of drug-likeness (QED) is 0.663. The van der Waals surface area contributed by atoms with Crippen molar-refractivity contribution in [1.82, 2.24) is 4.90 Å². The molecule has 2 rings (SSSR count). The Labute approximate surface area is 126 Å². The second kappa shape index (κ2) is 8.00. The molecular weight excluding hydrogens is 266 g/mol. The molecule has 1 atom stereocenters. The predicted molar refractivity (Wildman–Crippen MR) is 83.7 cm³/mol. The minimum absolute atomic E-state index is 0.208. The summed E-state index contributed by atoms with van der Waals surface area (Å²) in [5.74, 6) is 0.382. The molecule has 1 amide bonds. The van der Waals surface area contributed by atoms with Crippen LogP contribution in [0.2, 0.25) is 0 Å². The number of nitrogens with one attached hydrogen (secondary N) is 1. The first-order valence-corrected chi connectivity index (χ1v) is 7.64. The summed E-state index contributed by atoms with van der Waals surface area (Å²) < 4.78 is 0. The number of para-hydroxylation sites is 1. The topological polar surface area (TPSA) is 78.6 Å². The van der Waals surface area contributed by atoms with Crippen molar-refractivity contribution in [2.45, 2.75) is 31.9 Å². The highest BCUT2D eigenvalue weighted by Gasteiger charge is 2.21. The molecule has 0 bridgehead atoms. The number of anilines is 1. The van der Waals surface area contributed by atoms with Crippen molar-refractivity contribution in [3.05, 3.63) is 30.3 Å². The predicted octanol–water partition coefficient (Wildman–Crippen LogP) is 1.39. The number of nitrogens with two attached hydrogens (primary N) is 1. The highest BCUT2D eigenvalue weighted by molar-refractivity contribution is 5.73. The summed E-state index contributed by atoms with van der Waals surface area (Å²) in [6, 6.07) is 9.73. The van der Waals surface area contributed by atoms with Crippen molar-refractivity contribution < 1.29 is 9.90 Å². The summed E-state index contributed by atoms with van der Waals surface area (Å²) in [5, 5.41) is 13.2. The lowest BCUT2D eigenvalue weighted by atomic mass is 9.92. The van der Waals surface area contributed by atoms with Crippen LogP contribution in [0.15, 0.2) is 30.3 Å². The lowest BCUT2D eigenvalue weighted by molar-refractivity contribution is -0.118. The number of carbonyl (C=O) groups is 1. The lowest BCUT2D eigenvalue weighted by Gasteiger charge is -2.33. The molecule has 1 aromatic carbocycles. The van der Waals surface area contributed by atoms with E-state index < -0.39 is 6.23 Å². The fourth-order valence-electron chi connectivity index (χ4n) is 2.82. The van der Waals surface area contributed by atoms with Crippen LogP contribution in [0.3, 0.4) is 0 Å². The minimum atomic E-state index is -0.561. The van der Waals surface area contributed by atoms with Crippen molar-refractivity contribution in [2.75, 3.05) is 25.0 Å². The summed E-state index contributed by atoms with van der Waals surface area (Å²) in [4.78, 5) is 13.1. The van der Waals surface area contributed by atoms with E-state index in [1.807, 2.05) is 30.3 Å². The molecule has 0 radical (unpaired) electrons. The zero-order valence-electron chi connectivity index (χ0n) is 12.4. The fourth-order valence-corrected chi connectivity index (χ4v) is 2.82. The number of amides is 1. The summed E-state index contributed by atoms with van der Waals surface area (Å²) in [5.41, 5.74) is 6.12. The van der Waals surface area contributed by atoms with Gasteiger partial charge >= 0.3 is 0 Å². The van der Waals surface area contributed by atoms with Gasteiger partial charge in [0.2, 0.25) is 5.91 Å². The Morgan fingerprint density at radius 1 is 1.33 bits per heavy atom. The first-order valence-electron chi connectivity index (χ1n) is 7.64. The van der Waals surface area contributed by atoms with Crippen molar-refractivity contribution >= 4 is 11.6 Å². The second-order valence-corrected chi connectivity index (χ2v) is 5.78. The van der Waals surface area contributed by atoms with E-state index in [1.54, 1.807) is 0 Å². The highest BCUT2D eigenvalue weighted by Crippen LogP contribution is 2.21. The molecule has 4 N–H and O–H groups in total. The van der Waals surface area contributed by atoms with Crippen LogP contribution in [0.4, 0.5) is 5.69 Å². The lowest BCUT2D eigenvalue weighted by Crippen LogP contribution is -2.41. The smallest absolute Gasteiger partial charge is 0.217 e. The Bertz CT molecular complexity index is 430. The number of nitrogens with zero attached hydrogens (tertiary/aromatic N) is 1. The number of aliphatic hydroxyl groups excluding tert-OH is 1. The molecule has 0 saturated carbocycles. The molecule has 5 heteroatoms. The molecule has 0 aliphatic carbocycles. The number of rotatable bonds is 7. The number of hydrogen-bond acceptors (Lipinski definition) is 4. The Morgan fingerprint density at radius 3 is 2.62 bits per heavy atom. The van der Waals surface area contributed by atoms with Crippen molar-refractivity contribution in [3.8, 4) is 0 Å². The van der Waals surface area contributed by atoms with Crippen molar-refractivity contribution in [3.63, 3.8) is 0 Å². The summed E-state index contributed by atoms with van der Waals surface area (Å²) >= 11 is 0. The van der Waals surface area contributed by atoms with Crippen LogP contribution in [-0.4, -0.2) is 41.8 Å². The van der Waals surface area contributed by atoms with Gasteiger partial charge in [0.25, 0.3) is 0 Å². The maximum atomic E-state index is 10.8. The number of piperidine rings is 1. The standard InChI is InChI=1S/C16H25N3O2/c17-15(20)7-6-13-8-10-19(11-9-13)12-16(21)18-14-4-2-1-3-5-14/h1-5,13,16,18,21H,6-12H2,(H2,17,20). The van der Waals surface area contributed by atoms with Gasteiger partial charge in [0.05, 0.1) is 0 Å². The molecular formula is C16H25N3O2.